The molecule has 2 atom stereocenters. The van der Waals surface area contributed by atoms with E-state index in [1.165, 1.54) is 0 Å². The van der Waals surface area contributed by atoms with Gasteiger partial charge < -0.3 is 14.6 Å². The number of rotatable bonds is 6. The maximum absolute atomic E-state index is 12.4. The zero-order valence-electron chi connectivity index (χ0n) is 11.8. The molecule has 2 N–H and O–H groups in total. The molecule has 2 fully saturated rings. The Labute approximate surface area is 120 Å². The lowest BCUT2D eigenvalue weighted by Crippen LogP contribution is -2.45. The summed E-state index contributed by atoms with van der Waals surface area (Å²) in [4.78, 5) is 0. The van der Waals surface area contributed by atoms with Crippen LogP contribution in [0.2, 0.25) is 0 Å². The minimum Gasteiger partial charge on any atom is -0.395 e. The molecular formula is C13H25NO5S. The van der Waals surface area contributed by atoms with Gasteiger partial charge in [0.05, 0.1) is 13.2 Å². The van der Waals surface area contributed by atoms with E-state index in [-0.39, 0.29) is 18.4 Å². The minimum atomic E-state index is -3.48. The predicted octanol–water partition coefficient (Wildman–Crippen LogP) is 0.120. The molecule has 0 amide bonds. The summed E-state index contributed by atoms with van der Waals surface area (Å²) in [5, 5.41) is 8.74. The van der Waals surface area contributed by atoms with E-state index in [0.29, 0.717) is 39.2 Å². The van der Waals surface area contributed by atoms with Gasteiger partial charge in [-0.15, -0.1) is 0 Å². The third-order valence-electron chi connectivity index (χ3n) is 4.20. The van der Waals surface area contributed by atoms with Crippen LogP contribution in [0, 0.1) is 11.8 Å². The van der Waals surface area contributed by atoms with Crippen LogP contribution in [0.15, 0.2) is 0 Å². The summed E-state index contributed by atoms with van der Waals surface area (Å²) >= 11 is 0. The van der Waals surface area contributed by atoms with Crippen molar-refractivity contribution in [2.45, 2.75) is 30.9 Å². The molecule has 7 heteroatoms. The summed E-state index contributed by atoms with van der Waals surface area (Å²) in [6.45, 7) is 2.61. The van der Waals surface area contributed by atoms with Gasteiger partial charge in [-0.2, -0.15) is 0 Å². The average molecular weight is 307 g/mol. The normalized spacial score (nSPS) is 27.4. The Morgan fingerprint density at radius 3 is 2.50 bits per heavy atom. The molecule has 0 radical (unpaired) electrons. The second-order valence-corrected chi connectivity index (χ2v) is 7.63. The highest BCUT2D eigenvalue weighted by Crippen LogP contribution is 2.23. The number of aliphatic hydroxyl groups is 1. The van der Waals surface area contributed by atoms with Crippen LogP contribution >= 0.6 is 0 Å². The lowest BCUT2D eigenvalue weighted by atomic mass is 9.97. The Hall–Kier alpha value is -0.210. The summed E-state index contributed by atoms with van der Waals surface area (Å²) in [7, 11) is -3.48. The van der Waals surface area contributed by atoms with Gasteiger partial charge in [-0.3, -0.25) is 0 Å². The van der Waals surface area contributed by atoms with E-state index in [1.54, 1.807) is 0 Å². The lowest BCUT2D eigenvalue weighted by molar-refractivity contribution is 0.0557. The van der Waals surface area contributed by atoms with Gasteiger partial charge >= 0.3 is 0 Å². The molecule has 118 valence electrons. The third kappa shape index (κ3) is 4.39. The standard InChI is InChI=1S/C13H25NO5S/c15-9-13(12-3-6-18-7-4-12)20(16,17)14-8-11-2-1-5-19-10-11/h11-15H,1-10H2. The van der Waals surface area contributed by atoms with Crippen molar-refractivity contribution in [3.05, 3.63) is 0 Å². The molecule has 0 aliphatic carbocycles. The second-order valence-electron chi connectivity index (χ2n) is 5.65. The first kappa shape index (κ1) is 16.2. The quantitative estimate of drug-likeness (QED) is 0.728. The first-order valence-electron chi connectivity index (χ1n) is 7.38. The minimum absolute atomic E-state index is 0.0196. The Bertz CT molecular complexity index is 374. The fraction of sp³-hybridized carbons (Fsp3) is 1.00. The van der Waals surface area contributed by atoms with Crippen LogP contribution in [0.25, 0.3) is 0 Å². The van der Waals surface area contributed by atoms with Gasteiger partial charge in [0.15, 0.2) is 0 Å². The van der Waals surface area contributed by atoms with Crippen LogP contribution in [0.3, 0.4) is 0 Å². The first-order valence-corrected chi connectivity index (χ1v) is 8.93. The number of ether oxygens (including phenoxy) is 2. The summed E-state index contributed by atoms with van der Waals surface area (Å²) in [5.41, 5.74) is 0. The summed E-state index contributed by atoms with van der Waals surface area (Å²) in [6, 6.07) is 0. The molecule has 2 aliphatic rings. The molecule has 2 aliphatic heterocycles. The summed E-state index contributed by atoms with van der Waals surface area (Å²) < 4.78 is 38.0. The molecule has 20 heavy (non-hydrogen) atoms. The molecule has 6 nitrogen and oxygen atoms in total. The van der Waals surface area contributed by atoms with Gasteiger partial charge in [-0.05, 0) is 37.5 Å². The number of nitrogens with one attached hydrogen (secondary N) is 1. The molecule has 0 aromatic rings. The van der Waals surface area contributed by atoms with Crippen molar-refractivity contribution in [1.82, 2.24) is 4.72 Å². The van der Waals surface area contributed by atoms with E-state index in [1.807, 2.05) is 0 Å². The zero-order valence-corrected chi connectivity index (χ0v) is 12.6. The van der Waals surface area contributed by atoms with Crippen molar-refractivity contribution < 1.29 is 23.0 Å². The van der Waals surface area contributed by atoms with E-state index < -0.39 is 15.3 Å². The van der Waals surface area contributed by atoms with Crippen molar-refractivity contribution >= 4 is 10.0 Å². The van der Waals surface area contributed by atoms with Crippen LogP contribution in [0.4, 0.5) is 0 Å². The smallest absolute Gasteiger partial charge is 0.217 e. The van der Waals surface area contributed by atoms with Crippen molar-refractivity contribution in [3.63, 3.8) is 0 Å². The third-order valence-corrected chi connectivity index (χ3v) is 6.10. The molecule has 0 bridgehead atoms. The van der Waals surface area contributed by atoms with Crippen molar-refractivity contribution in [3.8, 4) is 0 Å². The Kier molecular flexibility index (Phi) is 6.22. The Morgan fingerprint density at radius 1 is 1.15 bits per heavy atom. The molecule has 2 heterocycles. The molecule has 2 rings (SSSR count). The number of aliphatic hydroxyl groups excluding tert-OH is 1. The highest BCUT2D eigenvalue weighted by Gasteiger charge is 2.34. The van der Waals surface area contributed by atoms with E-state index in [0.717, 1.165) is 19.4 Å². The van der Waals surface area contributed by atoms with Gasteiger partial charge in [-0.25, -0.2) is 13.1 Å². The van der Waals surface area contributed by atoms with Gasteiger partial charge in [0.2, 0.25) is 10.0 Å². The van der Waals surface area contributed by atoms with Crippen LogP contribution in [0.5, 0.6) is 0 Å². The maximum Gasteiger partial charge on any atom is 0.217 e. The molecule has 2 saturated heterocycles. The molecule has 0 aromatic carbocycles. The summed E-state index contributed by atoms with van der Waals surface area (Å²) in [5.74, 6) is 0.224. The Balaban J connectivity index is 1.88. The average Bonchev–Trinajstić information content (AvgIpc) is 2.48. The van der Waals surface area contributed by atoms with Gasteiger partial charge in [0.25, 0.3) is 0 Å². The molecule has 0 saturated carbocycles. The van der Waals surface area contributed by atoms with Crippen LogP contribution in [0.1, 0.15) is 25.7 Å². The Morgan fingerprint density at radius 2 is 1.90 bits per heavy atom. The summed E-state index contributed by atoms with van der Waals surface area (Å²) in [6.07, 6.45) is 3.36. The fourth-order valence-electron chi connectivity index (χ4n) is 2.90. The monoisotopic (exact) mass is 307 g/mol. The van der Waals surface area contributed by atoms with E-state index in [4.69, 9.17) is 9.47 Å². The second kappa shape index (κ2) is 7.70. The molecule has 0 spiro atoms. The van der Waals surface area contributed by atoms with Crippen molar-refractivity contribution in [2.75, 3.05) is 39.6 Å². The lowest BCUT2D eigenvalue weighted by Gasteiger charge is -2.30. The number of sulfonamides is 1. The largest absolute Gasteiger partial charge is 0.395 e. The molecular weight excluding hydrogens is 282 g/mol. The fourth-order valence-corrected chi connectivity index (χ4v) is 4.55. The first-order chi connectivity index (χ1) is 9.63. The van der Waals surface area contributed by atoms with E-state index in [9.17, 15) is 13.5 Å². The van der Waals surface area contributed by atoms with Gasteiger partial charge in [0, 0.05) is 26.4 Å². The number of hydrogen-bond acceptors (Lipinski definition) is 5. The van der Waals surface area contributed by atoms with Crippen molar-refractivity contribution in [1.29, 1.82) is 0 Å². The molecule has 2 unspecified atom stereocenters. The zero-order chi connectivity index (χ0) is 14.4. The molecule has 0 aromatic heterocycles. The van der Waals surface area contributed by atoms with Crippen LogP contribution in [-0.2, 0) is 19.5 Å². The van der Waals surface area contributed by atoms with Gasteiger partial charge in [-0.1, -0.05) is 0 Å². The highest BCUT2D eigenvalue weighted by molar-refractivity contribution is 7.90. The highest BCUT2D eigenvalue weighted by atomic mass is 32.2. The van der Waals surface area contributed by atoms with E-state index >= 15 is 0 Å². The van der Waals surface area contributed by atoms with Crippen LogP contribution in [-0.4, -0.2) is 58.4 Å². The topological polar surface area (TPSA) is 84.9 Å². The maximum atomic E-state index is 12.4. The number of hydrogen-bond donors (Lipinski definition) is 2. The predicted molar refractivity (Wildman–Crippen MR) is 74.9 cm³/mol. The SMILES string of the molecule is O=S(=O)(NCC1CCCOC1)C(CO)C1CCOCC1. The van der Waals surface area contributed by atoms with Crippen LogP contribution < -0.4 is 4.72 Å². The van der Waals surface area contributed by atoms with Gasteiger partial charge in [0.1, 0.15) is 5.25 Å². The van der Waals surface area contributed by atoms with Crippen molar-refractivity contribution in [2.24, 2.45) is 11.8 Å². The van der Waals surface area contributed by atoms with E-state index in [2.05, 4.69) is 4.72 Å².